The van der Waals surface area contributed by atoms with Crippen LogP contribution in [0.1, 0.15) is 11.1 Å². The molecule has 0 N–H and O–H groups in total. The molecule has 0 bridgehead atoms. The summed E-state index contributed by atoms with van der Waals surface area (Å²) >= 11 is 5.78. The standard InChI is InChI=1S/C11H16ClNO/c1-8-9(2)11(14-4)6-5-10(8)13(3)7-12/h5-6H,7H2,1-4H3. The largest absolute Gasteiger partial charge is 0.496 e. The lowest BCUT2D eigenvalue weighted by molar-refractivity contribution is 0.411. The van der Waals surface area contributed by atoms with Gasteiger partial charge in [-0.05, 0) is 37.1 Å². The third-order valence-corrected chi connectivity index (χ3v) is 2.88. The maximum Gasteiger partial charge on any atom is 0.122 e. The number of nitrogens with zero attached hydrogens (tertiary/aromatic N) is 1. The monoisotopic (exact) mass is 213 g/mol. The van der Waals surface area contributed by atoms with Crippen molar-refractivity contribution in [2.24, 2.45) is 0 Å². The molecular weight excluding hydrogens is 198 g/mol. The molecular formula is C11H16ClNO. The zero-order chi connectivity index (χ0) is 10.7. The van der Waals surface area contributed by atoms with Crippen LogP contribution in [0.3, 0.4) is 0 Å². The number of ether oxygens (including phenoxy) is 1. The maximum absolute atomic E-state index is 5.78. The van der Waals surface area contributed by atoms with Crippen LogP contribution in [0.25, 0.3) is 0 Å². The van der Waals surface area contributed by atoms with Crippen LogP contribution in [0, 0.1) is 13.8 Å². The Morgan fingerprint density at radius 2 is 1.93 bits per heavy atom. The summed E-state index contributed by atoms with van der Waals surface area (Å²) in [4.78, 5) is 2.00. The van der Waals surface area contributed by atoms with E-state index in [-0.39, 0.29) is 0 Å². The molecule has 0 saturated heterocycles. The zero-order valence-electron chi connectivity index (χ0n) is 9.10. The second-order valence-corrected chi connectivity index (χ2v) is 3.59. The number of rotatable bonds is 3. The van der Waals surface area contributed by atoms with Gasteiger partial charge in [-0.25, -0.2) is 0 Å². The van der Waals surface area contributed by atoms with Gasteiger partial charge in [0.15, 0.2) is 0 Å². The second kappa shape index (κ2) is 4.56. The van der Waals surface area contributed by atoms with Gasteiger partial charge in [-0.15, -0.1) is 11.6 Å². The molecule has 3 heteroatoms. The van der Waals surface area contributed by atoms with Crippen LogP contribution in [0.5, 0.6) is 5.75 Å². The quantitative estimate of drug-likeness (QED) is 0.566. The molecule has 0 aliphatic rings. The Bertz CT molecular complexity index is 325. The first-order valence-electron chi connectivity index (χ1n) is 4.53. The molecule has 0 unspecified atom stereocenters. The lowest BCUT2D eigenvalue weighted by Gasteiger charge is -2.20. The topological polar surface area (TPSA) is 12.5 Å². The fourth-order valence-electron chi connectivity index (χ4n) is 1.48. The molecule has 0 atom stereocenters. The Hall–Kier alpha value is -0.890. The third kappa shape index (κ3) is 1.95. The van der Waals surface area contributed by atoms with Crippen LogP contribution in [0.15, 0.2) is 12.1 Å². The van der Waals surface area contributed by atoms with Crippen molar-refractivity contribution in [2.45, 2.75) is 13.8 Å². The van der Waals surface area contributed by atoms with Gasteiger partial charge in [-0.3, -0.25) is 0 Å². The van der Waals surface area contributed by atoms with E-state index in [1.165, 1.54) is 11.1 Å². The van der Waals surface area contributed by atoms with E-state index in [0.717, 1.165) is 11.4 Å². The van der Waals surface area contributed by atoms with Crippen molar-refractivity contribution in [1.29, 1.82) is 0 Å². The van der Waals surface area contributed by atoms with E-state index >= 15 is 0 Å². The maximum atomic E-state index is 5.78. The smallest absolute Gasteiger partial charge is 0.122 e. The Kier molecular flexibility index (Phi) is 3.64. The van der Waals surface area contributed by atoms with Gasteiger partial charge in [-0.1, -0.05) is 0 Å². The first-order valence-corrected chi connectivity index (χ1v) is 5.06. The molecule has 0 spiro atoms. The molecule has 1 rings (SSSR count). The number of alkyl halides is 1. The molecule has 1 aromatic rings. The Balaban J connectivity index is 3.17. The lowest BCUT2D eigenvalue weighted by Crippen LogP contribution is -2.15. The molecule has 0 fully saturated rings. The fraction of sp³-hybridized carbons (Fsp3) is 0.455. The van der Waals surface area contributed by atoms with Gasteiger partial charge < -0.3 is 9.64 Å². The average molecular weight is 214 g/mol. The summed E-state index contributed by atoms with van der Waals surface area (Å²) in [5, 5.41) is 0. The Morgan fingerprint density at radius 3 is 2.43 bits per heavy atom. The van der Waals surface area contributed by atoms with Gasteiger partial charge in [0, 0.05) is 12.7 Å². The number of benzene rings is 1. The lowest BCUT2D eigenvalue weighted by atomic mass is 10.1. The van der Waals surface area contributed by atoms with Gasteiger partial charge in [0.2, 0.25) is 0 Å². The minimum absolute atomic E-state index is 0.493. The summed E-state index contributed by atoms with van der Waals surface area (Å²) in [6, 6.07) is 4.50. The predicted octanol–water partition coefficient (Wildman–Crippen LogP) is 2.94. The van der Waals surface area contributed by atoms with E-state index in [2.05, 4.69) is 13.8 Å². The summed E-state index contributed by atoms with van der Waals surface area (Å²) in [7, 11) is 3.66. The highest BCUT2D eigenvalue weighted by Gasteiger charge is 2.08. The Morgan fingerprint density at radius 1 is 1.29 bits per heavy atom. The molecule has 0 aliphatic heterocycles. The van der Waals surface area contributed by atoms with Crippen molar-refractivity contribution in [3.8, 4) is 5.75 Å². The number of hydrogen-bond donors (Lipinski definition) is 0. The predicted molar refractivity (Wildman–Crippen MR) is 61.6 cm³/mol. The van der Waals surface area contributed by atoms with Crippen LogP contribution in [0.2, 0.25) is 0 Å². The first kappa shape index (κ1) is 11.2. The van der Waals surface area contributed by atoms with Gasteiger partial charge in [-0.2, -0.15) is 0 Å². The van der Waals surface area contributed by atoms with Crippen LogP contribution in [-0.4, -0.2) is 20.2 Å². The molecule has 0 amide bonds. The molecule has 2 nitrogen and oxygen atoms in total. The summed E-state index contributed by atoms with van der Waals surface area (Å²) in [6.07, 6.45) is 0. The highest BCUT2D eigenvalue weighted by molar-refractivity contribution is 6.19. The zero-order valence-corrected chi connectivity index (χ0v) is 9.85. The van der Waals surface area contributed by atoms with Crippen LogP contribution < -0.4 is 9.64 Å². The van der Waals surface area contributed by atoms with Crippen LogP contribution >= 0.6 is 11.6 Å². The summed E-state index contributed by atoms with van der Waals surface area (Å²) in [6.45, 7) is 4.13. The molecule has 1 aromatic carbocycles. The van der Waals surface area contributed by atoms with E-state index in [9.17, 15) is 0 Å². The minimum atomic E-state index is 0.493. The molecule has 0 heterocycles. The number of methoxy groups -OCH3 is 1. The Labute approximate surface area is 90.4 Å². The number of anilines is 1. The van der Waals surface area contributed by atoms with E-state index in [4.69, 9.17) is 16.3 Å². The molecule has 0 aliphatic carbocycles. The first-order chi connectivity index (χ1) is 6.61. The second-order valence-electron chi connectivity index (χ2n) is 3.35. The van der Waals surface area contributed by atoms with Crippen molar-refractivity contribution < 1.29 is 4.74 Å². The molecule has 14 heavy (non-hydrogen) atoms. The van der Waals surface area contributed by atoms with E-state index < -0.39 is 0 Å². The summed E-state index contributed by atoms with van der Waals surface area (Å²) in [5.41, 5.74) is 3.53. The molecule has 0 aromatic heterocycles. The van der Waals surface area contributed by atoms with E-state index in [0.29, 0.717) is 6.00 Å². The highest BCUT2D eigenvalue weighted by Crippen LogP contribution is 2.29. The normalized spacial score (nSPS) is 10.1. The van der Waals surface area contributed by atoms with Crippen molar-refractivity contribution in [3.05, 3.63) is 23.3 Å². The van der Waals surface area contributed by atoms with Gasteiger partial charge in [0.25, 0.3) is 0 Å². The van der Waals surface area contributed by atoms with Crippen molar-refractivity contribution in [1.82, 2.24) is 0 Å². The summed E-state index contributed by atoms with van der Waals surface area (Å²) in [5.74, 6) is 0.925. The van der Waals surface area contributed by atoms with Crippen molar-refractivity contribution in [2.75, 3.05) is 25.1 Å². The van der Waals surface area contributed by atoms with Crippen LogP contribution in [0.4, 0.5) is 5.69 Å². The SMILES string of the molecule is COc1ccc(N(C)CCl)c(C)c1C. The summed E-state index contributed by atoms with van der Waals surface area (Å²) < 4.78 is 5.24. The fourth-order valence-corrected chi connectivity index (χ4v) is 1.61. The average Bonchev–Trinajstić information content (AvgIpc) is 2.21. The van der Waals surface area contributed by atoms with E-state index in [1.807, 2.05) is 24.1 Å². The molecule has 0 radical (unpaired) electrons. The van der Waals surface area contributed by atoms with Crippen LogP contribution in [-0.2, 0) is 0 Å². The minimum Gasteiger partial charge on any atom is -0.496 e. The molecule has 78 valence electrons. The highest BCUT2D eigenvalue weighted by atomic mass is 35.5. The van der Waals surface area contributed by atoms with Crippen molar-refractivity contribution in [3.63, 3.8) is 0 Å². The molecule has 0 saturated carbocycles. The number of hydrogen-bond acceptors (Lipinski definition) is 2. The van der Waals surface area contributed by atoms with Gasteiger partial charge in [0.05, 0.1) is 13.1 Å². The third-order valence-electron chi connectivity index (χ3n) is 2.52. The van der Waals surface area contributed by atoms with E-state index in [1.54, 1.807) is 7.11 Å². The van der Waals surface area contributed by atoms with Gasteiger partial charge >= 0.3 is 0 Å². The van der Waals surface area contributed by atoms with Gasteiger partial charge in [0.1, 0.15) is 5.75 Å². The van der Waals surface area contributed by atoms with Crippen molar-refractivity contribution >= 4 is 17.3 Å². The number of halogens is 1.